The predicted octanol–water partition coefficient (Wildman–Crippen LogP) is 5.31. The van der Waals surface area contributed by atoms with Crippen molar-refractivity contribution in [1.29, 1.82) is 0 Å². The predicted molar refractivity (Wildman–Crippen MR) is 133 cm³/mol. The second-order valence-electron chi connectivity index (χ2n) is 9.30. The molecule has 2 atom stereocenters. The van der Waals surface area contributed by atoms with Crippen LogP contribution in [0.15, 0.2) is 57.7 Å². The van der Waals surface area contributed by atoms with Crippen LogP contribution in [-0.2, 0) is 9.53 Å². The third-order valence-electron chi connectivity index (χ3n) is 5.47. The van der Waals surface area contributed by atoms with Gasteiger partial charge in [0.1, 0.15) is 28.7 Å². The number of ether oxygens (including phenoxy) is 3. The summed E-state index contributed by atoms with van der Waals surface area (Å²) in [5.74, 6) is 0.0520. The van der Waals surface area contributed by atoms with Crippen LogP contribution in [0.1, 0.15) is 41.0 Å². The molecule has 0 bridgehead atoms. The van der Waals surface area contributed by atoms with Crippen LogP contribution in [0, 0.1) is 5.92 Å². The molecule has 8 nitrogen and oxygen atoms in total. The Labute approximate surface area is 204 Å². The van der Waals surface area contributed by atoms with Crippen molar-refractivity contribution in [2.45, 2.75) is 52.7 Å². The summed E-state index contributed by atoms with van der Waals surface area (Å²) in [6.07, 6.45) is -0.0682. The number of rotatable bonds is 7. The van der Waals surface area contributed by atoms with Gasteiger partial charge < -0.3 is 23.9 Å². The first kappa shape index (κ1) is 25.8. The number of carbonyl (C=O) groups is 2. The molecule has 3 rings (SSSR count). The first-order chi connectivity index (χ1) is 16.5. The van der Waals surface area contributed by atoms with E-state index in [0.717, 1.165) is 5.56 Å². The Morgan fingerprint density at radius 2 is 1.69 bits per heavy atom. The van der Waals surface area contributed by atoms with E-state index >= 15 is 0 Å². The van der Waals surface area contributed by atoms with Crippen molar-refractivity contribution in [1.82, 2.24) is 5.32 Å². The number of hydrogen-bond donors (Lipinski definition) is 1. The zero-order chi connectivity index (χ0) is 25.8. The highest BCUT2D eigenvalue weighted by atomic mass is 16.6. The second kappa shape index (κ2) is 10.6. The van der Waals surface area contributed by atoms with Crippen molar-refractivity contribution in [2.24, 2.45) is 5.92 Å². The maximum atomic E-state index is 13.0. The number of fused-ring (bicyclic) bond motifs is 1. The van der Waals surface area contributed by atoms with Gasteiger partial charge in [-0.15, -0.1) is 0 Å². The molecule has 35 heavy (non-hydrogen) atoms. The van der Waals surface area contributed by atoms with Gasteiger partial charge in [0.15, 0.2) is 0 Å². The number of nitrogens with one attached hydrogen (secondary N) is 1. The lowest BCUT2D eigenvalue weighted by atomic mass is 9.99. The van der Waals surface area contributed by atoms with E-state index in [4.69, 9.17) is 18.6 Å². The minimum absolute atomic E-state index is 0.192. The lowest BCUT2D eigenvalue weighted by Gasteiger charge is -2.25. The summed E-state index contributed by atoms with van der Waals surface area (Å²) in [4.78, 5) is 37.5. The molecule has 0 aliphatic heterocycles. The van der Waals surface area contributed by atoms with Crippen LogP contribution in [0.2, 0.25) is 0 Å². The minimum atomic E-state index is -0.914. The van der Waals surface area contributed by atoms with Gasteiger partial charge in [0.05, 0.1) is 7.11 Å². The molecule has 0 aliphatic rings. The van der Waals surface area contributed by atoms with Gasteiger partial charge in [0.25, 0.3) is 0 Å². The Balaban J connectivity index is 1.88. The zero-order valence-electron chi connectivity index (χ0n) is 20.8. The van der Waals surface area contributed by atoms with Crippen LogP contribution in [0.25, 0.3) is 22.1 Å². The largest absolute Gasteiger partial charge is 0.497 e. The number of methoxy groups -OCH3 is 1. The first-order valence-electron chi connectivity index (χ1n) is 11.4. The highest BCUT2D eigenvalue weighted by Gasteiger charge is 2.30. The fourth-order valence-corrected chi connectivity index (χ4v) is 3.50. The SMILES string of the molecule is CCC(C)C(NC(=O)OC(C)(C)C)C(=O)Oc1ccc2c(-c3ccc(OC)cc3)cc(=O)oc2c1. The quantitative estimate of drug-likeness (QED) is 0.277. The Morgan fingerprint density at radius 3 is 2.29 bits per heavy atom. The van der Waals surface area contributed by atoms with E-state index in [1.807, 2.05) is 26.0 Å². The summed E-state index contributed by atoms with van der Waals surface area (Å²) in [6, 6.07) is 12.6. The summed E-state index contributed by atoms with van der Waals surface area (Å²) >= 11 is 0. The maximum absolute atomic E-state index is 13.0. The molecule has 1 amide bonds. The van der Waals surface area contributed by atoms with E-state index < -0.39 is 29.3 Å². The number of carbonyl (C=O) groups excluding carboxylic acids is 2. The monoisotopic (exact) mass is 481 g/mol. The van der Waals surface area contributed by atoms with E-state index in [0.29, 0.717) is 23.1 Å². The Bertz CT molecular complexity index is 1260. The molecule has 1 N–H and O–H groups in total. The second-order valence-corrected chi connectivity index (χ2v) is 9.30. The van der Waals surface area contributed by atoms with E-state index in [-0.39, 0.29) is 17.3 Å². The van der Waals surface area contributed by atoms with Crippen LogP contribution >= 0.6 is 0 Å². The molecule has 1 heterocycles. The van der Waals surface area contributed by atoms with Gasteiger partial charge in [-0.3, -0.25) is 0 Å². The highest BCUT2D eigenvalue weighted by molar-refractivity contribution is 5.94. The van der Waals surface area contributed by atoms with Gasteiger partial charge >= 0.3 is 17.7 Å². The summed E-state index contributed by atoms with van der Waals surface area (Å²) in [7, 11) is 1.58. The maximum Gasteiger partial charge on any atom is 0.408 e. The summed E-state index contributed by atoms with van der Waals surface area (Å²) < 4.78 is 21.4. The smallest absolute Gasteiger partial charge is 0.408 e. The third-order valence-corrected chi connectivity index (χ3v) is 5.47. The molecule has 0 aliphatic carbocycles. The normalized spacial score (nSPS) is 13.1. The van der Waals surface area contributed by atoms with Gasteiger partial charge in [-0.1, -0.05) is 32.4 Å². The molecule has 0 spiro atoms. The summed E-state index contributed by atoms with van der Waals surface area (Å²) in [5.41, 5.74) is 0.531. The molecule has 186 valence electrons. The van der Waals surface area contributed by atoms with Gasteiger partial charge in [-0.2, -0.15) is 0 Å². The molecule has 8 heteroatoms. The zero-order valence-corrected chi connectivity index (χ0v) is 20.8. The lowest BCUT2D eigenvalue weighted by molar-refractivity contribution is -0.138. The van der Waals surface area contributed by atoms with Crippen LogP contribution in [-0.4, -0.2) is 30.8 Å². The van der Waals surface area contributed by atoms with E-state index in [2.05, 4.69) is 5.32 Å². The number of alkyl carbamates (subject to hydrolysis) is 1. The molecule has 0 fully saturated rings. The average Bonchev–Trinajstić information content (AvgIpc) is 2.80. The number of benzene rings is 2. The molecule has 2 aromatic carbocycles. The van der Waals surface area contributed by atoms with Crippen molar-refractivity contribution < 1.29 is 28.2 Å². The van der Waals surface area contributed by atoms with Crippen LogP contribution < -0.4 is 20.4 Å². The standard InChI is InChI=1S/C27H31NO7/c1-7-16(2)24(28-26(31)35-27(3,4)5)25(30)33-19-12-13-20-21(15-23(29)34-22(20)14-19)17-8-10-18(32-6)11-9-17/h8-16,24H,7H2,1-6H3,(H,28,31). The number of hydrogen-bond acceptors (Lipinski definition) is 7. The molecule has 3 aromatic rings. The van der Waals surface area contributed by atoms with E-state index in [1.165, 1.54) is 12.1 Å². The van der Waals surface area contributed by atoms with Crippen molar-refractivity contribution in [3.05, 3.63) is 59.0 Å². The topological polar surface area (TPSA) is 104 Å². The van der Waals surface area contributed by atoms with Crippen LogP contribution in [0.4, 0.5) is 4.79 Å². The van der Waals surface area contributed by atoms with E-state index in [1.54, 1.807) is 52.1 Å². The van der Waals surface area contributed by atoms with Gasteiger partial charge in [-0.25, -0.2) is 14.4 Å². The Morgan fingerprint density at radius 1 is 1.03 bits per heavy atom. The fraction of sp³-hybridized carbons (Fsp3) is 0.370. The highest BCUT2D eigenvalue weighted by Crippen LogP contribution is 2.31. The summed E-state index contributed by atoms with van der Waals surface area (Å²) in [5, 5.41) is 3.29. The van der Waals surface area contributed by atoms with Crippen molar-refractivity contribution in [3.63, 3.8) is 0 Å². The van der Waals surface area contributed by atoms with Gasteiger partial charge in [-0.05, 0) is 62.1 Å². The first-order valence-corrected chi connectivity index (χ1v) is 11.4. The average molecular weight is 482 g/mol. The molecule has 2 unspecified atom stereocenters. The Hall–Kier alpha value is -3.81. The van der Waals surface area contributed by atoms with Crippen molar-refractivity contribution in [3.8, 4) is 22.6 Å². The number of esters is 1. The molecular formula is C27H31NO7. The molecular weight excluding hydrogens is 450 g/mol. The summed E-state index contributed by atoms with van der Waals surface area (Å²) in [6.45, 7) is 8.97. The van der Waals surface area contributed by atoms with Gasteiger partial charge in [0.2, 0.25) is 0 Å². The lowest BCUT2D eigenvalue weighted by Crippen LogP contribution is -2.48. The van der Waals surface area contributed by atoms with Crippen molar-refractivity contribution in [2.75, 3.05) is 7.11 Å². The molecule has 0 saturated heterocycles. The van der Waals surface area contributed by atoms with Gasteiger partial charge in [0, 0.05) is 17.5 Å². The molecule has 0 radical (unpaired) electrons. The molecule has 1 aromatic heterocycles. The van der Waals surface area contributed by atoms with Crippen molar-refractivity contribution >= 4 is 23.0 Å². The molecule has 0 saturated carbocycles. The Kier molecular flexibility index (Phi) is 7.84. The minimum Gasteiger partial charge on any atom is -0.497 e. The van der Waals surface area contributed by atoms with Crippen LogP contribution in [0.5, 0.6) is 11.5 Å². The third kappa shape index (κ3) is 6.62. The number of amides is 1. The van der Waals surface area contributed by atoms with E-state index in [9.17, 15) is 14.4 Å². The fourth-order valence-electron chi connectivity index (χ4n) is 3.50. The van der Waals surface area contributed by atoms with Crippen LogP contribution in [0.3, 0.4) is 0 Å².